The van der Waals surface area contributed by atoms with Crippen LogP contribution in [0.15, 0.2) is 49.1 Å². The van der Waals surface area contributed by atoms with Gasteiger partial charge < -0.3 is 14.8 Å². The van der Waals surface area contributed by atoms with E-state index in [-0.39, 0.29) is 5.91 Å². The summed E-state index contributed by atoms with van der Waals surface area (Å²) in [6.07, 6.45) is 7.43. The molecule has 1 saturated heterocycles. The lowest BCUT2D eigenvalue weighted by Crippen LogP contribution is -2.56. The van der Waals surface area contributed by atoms with Gasteiger partial charge in [0.1, 0.15) is 17.5 Å². The van der Waals surface area contributed by atoms with Gasteiger partial charge in [0, 0.05) is 36.6 Å². The Bertz CT molecular complexity index is 1440. The molecule has 1 aliphatic rings. The summed E-state index contributed by atoms with van der Waals surface area (Å²) in [5, 5.41) is 1.99. The van der Waals surface area contributed by atoms with Crippen LogP contribution in [0.4, 0.5) is 11.6 Å². The van der Waals surface area contributed by atoms with Gasteiger partial charge in [-0.2, -0.15) is 0 Å². The van der Waals surface area contributed by atoms with Crippen molar-refractivity contribution in [2.75, 3.05) is 10.2 Å². The molecule has 0 aliphatic carbocycles. The first kappa shape index (κ1) is 23.2. The lowest BCUT2D eigenvalue weighted by molar-refractivity contribution is 0.102. The average Bonchev–Trinajstić information content (AvgIpc) is 3.26. The van der Waals surface area contributed by atoms with E-state index in [4.69, 9.17) is 31.4 Å². The number of hydrogen-bond acceptors (Lipinski definition) is 6. The van der Waals surface area contributed by atoms with Crippen LogP contribution in [-0.4, -0.2) is 72.5 Å². The minimum Gasteiger partial charge on any atom is -0.380 e. The highest BCUT2D eigenvalue weighted by molar-refractivity contribution is 6.48. The standard InChI is InChI=1S/C23H19B4N7O/c1-13-29-12-18(33(13)2)17-7-15-8-19(31-11-16(15)10-30-17)32-21(35)14-3-6-28-20(9-14)34-22(24,25)4-5-23(34,26)27/h3,6-12H,4-5H2,1-2H3,(H,31,32,35). The van der Waals surface area contributed by atoms with Gasteiger partial charge in [-0.05, 0) is 60.1 Å². The number of amides is 1. The van der Waals surface area contributed by atoms with Gasteiger partial charge in [-0.3, -0.25) is 9.78 Å². The van der Waals surface area contributed by atoms with E-state index in [1.807, 2.05) is 24.6 Å². The Balaban J connectivity index is 1.42. The van der Waals surface area contributed by atoms with E-state index in [9.17, 15) is 4.79 Å². The Morgan fingerprint density at radius 1 is 0.943 bits per heavy atom. The van der Waals surface area contributed by atoms with Crippen LogP contribution in [0.2, 0.25) is 0 Å². The predicted octanol–water partition coefficient (Wildman–Crippen LogP) is 1.57. The summed E-state index contributed by atoms with van der Waals surface area (Å²) in [6, 6.07) is 6.86. The third-order valence-corrected chi connectivity index (χ3v) is 6.32. The Hall–Kier alpha value is -3.55. The first-order chi connectivity index (χ1) is 16.5. The predicted molar refractivity (Wildman–Crippen MR) is 139 cm³/mol. The van der Waals surface area contributed by atoms with Crippen molar-refractivity contribution in [2.45, 2.75) is 30.4 Å². The molecule has 12 heteroatoms. The quantitative estimate of drug-likeness (QED) is 0.473. The first-order valence-corrected chi connectivity index (χ1v) is 11.0. The van der Waals surface area contributed by atoms with E-state index in [1.165, 1.54) is 11.1 Å². The second-order valence-corrected chi connectivity index (χ2v) is 8.91. The Kier molecular flexibility index (Phi) is 5.49. The summed E-state index contributed by atoms with van der Waals surface area (Å²) < 4.78 is 1.97. The highest BCUT2D eigenvalue weighted by Gasteiger charge is 2.43. The third kappa shape index (κ3) is 4.22. The third-order valence-electron chi connectivity index (χ3n) is 6.32. The summed E-state index contributed by atoms with van der Waals surface area (Å²) in [5.41, 5.74) is 1.99. The van der Waals surface area contributed by atoms with Crippen LogP contribution >= 0.6 is 0 Å². The zero-order chi connectivity index (χ0) is 25.0. The van der Waals surface area contributed by atoms with Crippen LogP contribution in [0, 0.1) is 6.92 Å². The molecular formula is C23H19B4N7O. The SMILES string of the molecule is [B]C1([B])CCC([B])([B])N1c1cc(C(=O)Nc2cc3cc(-c4cnc(C)n4C)ncc3cn2)ccn1. The maximum atomic E-state index is 13.0. The number of carbonyl (C=O) groups excluding carboxylic acids is 1. The van der Waals surface area contributed by atoms with E-state index < -0.39 is 10.7 Å². The summed E-state index contributed by atoms with van der Waals surface area (Å²) in [7, 11) is 26.7. The highest BCUT2D eigenvalue weighted by Crippen LogP contribution is 2.37. The zero-order valence-corrected chi connectivity index (χ0v) is 19.4. The van der Waals surface area contributed by atoms with Crippen LogP contribution in [-0.2, 0) is 7.05 Å². The number of rotatable bonds is 4. The minimum atomic E-state index is -1.27. The van der Waals surface area contributed by atoms with Crippen molar-refractivity contribution in [2.24, 2.45) is 7.05 Å². The maximum Gasteiger partial charge on any atom is 0.257 e. The van der Waals surface area contributed by atoms with Gasteiger partial charge in [0.05, 0.1) is 49.0 Å². The summed E-state index contributed by atoms with van der Waals surface area (Å²) in [4.78, 5) is 32.0. The van der Waals surface area contributed by atoms with E-state index in [1.54, 1.807) is 36.8 Å². The van der Waals surface area contributed by atoms with Crippen LogP contribution in [0.5, 0.6) is 0 Å². The van der Waals surface area contributed by atoms with E-state index >= 15 is 0 Å². The number of aromatic nitrogens is 5. The van der Waals surface area contributed by atoms with Gasteiger partial charge in [-0.1, -0.05) is 0 Å². The molecule has 0 spiro atoms. The highest BCUT2D eigenvalue weighted by atomic mass is 16.1. The van der Waals surface area contributed by atoms with Crippen molar-refractivity contribution in [3.05, 3.63) is 60.4 Å². The van der Waals surface area contributed by atoms with E-state index in [0.29, 0.717) is 30.0 Å². The molecule has 8 radical (unpaired) electrons. The molecule has 5 rings (SSSR count). The molecule has 1 amide bonds. The number of aryl methyl sites for hydroxylation is 1. The number of pyridine rings is 3. The topological polar surface area (TPSA) is 88.8 Å². The molecule has 164 valence electrons. The lowest BCUT2D eigenvalue weighted by Gasteiger charge is -2.44. The van der Waals surface area contributed by atoms with Crippen molar-refractivity contribution >= 4 is 59.7 Å². The van der Waals surface area contributed by atoms with Gasteiger partial charge in [-0.15, -0.1) is 0 Å². The summed E-state index contributed by atoms with van der Waals surface area (Å²) >= 11 is 0. The monoisotopic (exact) mass is 453 g/mol. The second kappa shape index (κ2) is 8.29. The van der Waals surface area contributed by atoms with Crippen LogP contribution < -0.4 is 10.2 Å². The molecule has 5 heterocycles. The fraction of sp³-hybridized carbons (Fsp3) is 0.261. The fourth-order valence-electron chi connectivity index (χ4n) is 4.30. The molecule has 4 aromatic rings. The largest absolute Gasteiger partial charge is 0.380 e. The van der Waals surface area contributed by atoms with Gasteiger partial charge >= 0.3 is 0 Å². The normalized spacial score (nSPS) is 16.5. The van der Waals surface area contributed by atoms with E-state index in [0.717, 1.165) is 28.0 Å². The minimum absolute atomic E-state index is 0.318. The molecule has 4 aromatic heterocycles. The smallest absolute Gasteiger partial charge is 0.257 e. The average molecular weight is 453 g/mol. The molecule has 1 aliphatic heterocycles. The fourth-order valence-corrected chi connectivity index (χ4v) is 4.30. The van der Waals surface area contributed by atoms with Crippen LogP contribution in [0.25, 0.3) is 22.2 Å². The van der Waals surface area contributed by atoms with Crippen molar-refractivity contribution in [1.29, 1.82) is 0 Å². The van der Waals surface area contributed by atoms with Crippen LogP contribution in [0.3, 0.4) is 0 Å². The Labute approximate surface area is 208 Å². The molecular weight excluding hydrogens is 434 g/mol. The molecule has 0 unspecified atom stereocenters. The molecule has 0 atom stereocenters. The van der Waals surface area contributed by atoms with E-state index in [2.05, 4.69) is 25.3 Å². The second-order valence-electron chi connectivity index (χ2n) is 8.91. The number of anilines is 2. The number of nitrogens with one attached hydrogen (secondary N) is 1. The lowest BCUT2D eigenvalue weighted by atomic mass is 9.58. The van der Waals surface area contributed by atoms with Crippen molar-refractivity contribution in [1.82, 2.24) is 24.5 Å². The van der Waals surface area contributed by atoms with Gasteiger partial charge in [0.15, 0.2) is 0 Å². The summed E-state index contributed by atoms with van der Waals surface area (Å²) in [5.74, 6) is 1.21. The number of nitrogens with zero attached hydrogens (tertiary/aromatic N) is 6. The maximum absolute atomic E-state index is 13.0. The van der Waals surface area contributed by atoms with Crippen molar-refractivity contribution in [3.63, 3.8) is 0 Å². The zero-order valence-electron chi connectivity index (χ0n) is 19.4. The first-order valence-electron chi connectivity index (χ1n) is 11.0. The molecule has 1 N–H and O–H groups in total. The van der Waals surface area contributed by atoms with Gasteiger partial charge in [0.25, 0.3) is 5.91 Å². The number of carbonyl (C=O) groups is 1. The summed E-state index contributed by atoms with van der Waals surface area (Å²) in [6.45, 7) is 1.93. The molecule has 0 bridgehead atoms. The van der Waals surface area contributed by atoms with Gasteiger partial charge in [0.2, 0.25) is 0 Å². The van der Waals surface area contributed by atoms with Gasteiger partial charge in [-0.25, -0.2) is 15.0 Å². The number of fused-ring (bicyclic) bond motifs is 1. The Morgan fingerprint density at radius 3 is 2.34 bits per heavy atom. The molecule has 0 aromatic carbocycles. The molecule has 0 saturated carbocycles. The molecule has 1 fully saturated rings. The molecule has 8 nitrogen and oxygen atoms in total. The Morgan fingerprint density at radius 2 is 1.66 bits per heavy atom. The van der Waals surface area contributed by atoms with Crippen molar-refractivity contribution in [3.8, 4) is 11.4 Å². The van der Waals surface area contributed by atoms with Crippen molar-refractivity contribution < 1.29 is 4.79 Å². The van der Waals surface area contributed by atoms with Crippen LogP contribution in [0.1, 0.15) is 29.0 Å². The number of imidazole rings is 1. The number of hydrogen-bond donors (Lipinski definition) is 1. The molecule has 35 heavy (non-hydrogen) atoms.